The molecule has 8 rings (SSSR count). The summed E-state index contributed by atoms with van der Waals surface area (Å²) in [6, 6.07) is 6.00. The van der Waals surface area contributed by atoms with Crippen LogP contribution in [0.25, 0.3) is 11.0 Å². The van der Waals surface area contributed by atoms with Crippen LogP contribution in [0.2, 0.25) is 0 Å². The van der Waals surface area contributed by atoms with Gasteiger partial charge in [-0.05, 0) is 82.0 Å². The molecule has 13 heteroatoms. The van der Waals surface area contributed by atoms with E-state index in [0.717, 1.165) is 72.2 Å². The number of rotatable bonds is 7. The number of aliphatic hydroxyl groups excluding tert-OH is 1. The molecule has 2 aromatic rings. The minimum absolute atomic E-state index is 0.00341. The summed E-state index contributed by atoms with van der Waals surface area (Å²) in [6.45, 7) is 7.56. The number of hydrogen-bond donors (Lipinski definition) is 4. The Morgan fingerprint density at radius 3 is 2.77 bits per heavy atom. The highest BCUT2D eigenvalue weighted by atomic mass is 33.1. The Kier molecular flexibility index (Phi) is 10.7. The van der Waals surface area contributed by atoms with Gasteiger partial charge in [-0.25, -0.2) is 9.59 Å². The molecule has 0 bridgehead atoms. The minimum Gasteiger partial charge on any atom is -0.481 e. The van der Waals surface area contributed by atoms with Gasteiger partial charge in [-0.3, -0.25) is 4.79 Å². The van der Waals surface area contributed by atoms with Crippen LogP contribution in [-0.4, -0.2) is 83.9 Å². The molecule has 1 saturated heterocycles. The standard InChI is InChI=1S/C43H54N4O7S2/c1-5-25(2)39(50)54-41(3)11-8-26-23-55-56-24-33-30(20-45-4)22-47(33)37(49)16-29-21-46-36(44)17-31(29)38(26)43(41)19-28-14-27-15-32(42(12-13-48)9-6-7-10-42)40(51)52-34(27)18-35(28)53-43/h5,8,14-15,17-18,30,33,38,45-46,48H,6-7,9-13,16,19-24,44H2,1-4H3. The summed E-state index contributed by atoms with van der Waals surface area (Å²) in [6.07, 6.45) is 11.2. The number of nitrogens with two attached hydrogens (primary N) is 1. The van der Waals surface area contributed by atoms with E-state index in [0.29, 0.717) is 65.8 Å². The number of carbonyl (C=O) groups excluding carboxylic acids is 2. The van der Waals surface area contributed by atoms with Gasteiger partial charge in [-0.1, -0.05) is 52.2 Å². The van der Waals surface area contributed by atoms with Gasteiger partial charge in [0.1, 0.15) is 11.3 Å². The first kappa shape index (κ1) is 39.2. The first-order chi connectivity index (χ1) is 26.9. The maximum absolute atomic E-state index is 14.2. The number of nitrogens with one attached hydrogen (secondary N) is 2. The number of benzene rings is 1. The van der Waals surface area contributed by atoms with Crippen LogP contribution >= 0.6 is 21.6 Å². The summed E-state index contributed by atoms with van der Waals surface area (Å²) >= 11 is 0. The van der Waals surface area contributed by atoms with E-state index in [1.807, 2.05) is 44.0 Å². The van der Waals surface area contributed by atoms with Crippen LogP contribution in [0.4, 0.5) is 0 Å². The van der Waals surface area contributed by atoms with E-state index in [1.54, 1.807) is 34.6 Å². The summed E-state index contributed by atoms with van der Waals surface area (Å²) in [4.78, 5) is 43.6. The van der Waals surface area contributed by atoms with Gasteiger partial charge < -0.3 is 40.3 Å². The molecule has 1 amide bonds. The van der Waals surface area contributed by atoms with Crippen molar-refractivity contribution >= 4 is 44.4 Å². The summed E-state index contributed by atoms with van der Waals surface area (Å²) in [7, 11) is 5.54. The van der Waals surface area contributed by atoms with Gasteiger partial charge in [0.05, 0.1) is 18.2 Å². The van der Waals surface area contributed by atoms with E-state index < -0.39 is 28.5 Å². The highest BCUT2D eigenvalue weighted by Crippen LogP contribution is 2.57. The van der Waals surface area contributed by atoms with Gasteiger partial charge in [-0.2, -0.15) is 0 Å². The number of aliphatic hydroxyl groups is 1. The van der Waals surface area contributed by atoms with Crippen molar-refractivity contribution in [2.45, 2.75) is 94.8 Å². The van der Waals surface area contributed by atoms with Gasteiger partial charge in [-0.15, -0.1) is 0 Å². The molecule has 11 nitrogen and oxygen atoms in total. The Labute approximate surface area is 336 Å². The van der Waals surface area contributed by atoms with E-state index in [1.165, 1.54) is 0 Å². The summed E-state index contributed by atoms with van der Waals surface area (Å²) in [5, 5.41) is 17.4. The van der Waals surface area contributed by atoms with Gasteiger partial charge in [0, 0.05) is 90.6 Å². The predicted octanol–water partition coefficient (Wildman–Crippen LogP) is 5.41. The monoisotopic (exact) mass is 802 g/mol. The van der Waals surface area contributed by atoms with E-state index in [2.05, 4.69) is 22.8 Å². The van der Waals surface area contributed by atoms with Gasteiger partial charge in [0.15, 0.2) is 11.2 Å². The van der Waals surface area contributed by atoms with Crippen molar-refractivity contribution in [2.75, 3.05) is 44.8 Å². The summed E-state index contributed by atoms with van der Waals surface area (Å²) in [5.74, 6) is 2.28. The van der Waals surface area contributed by atoms with Gasteiger partial charge in [0.25, 0.3) is 0 Å². The Balaban J connectivity index is 1.27. The fourth-order valence-electron chi connectivity index (χ4n) is 10.2. The number of dihydropyridines is 1. The van der Waals surface area contributed by atoms with Crippen molar-refractivity contribution in [2.24, 2.45) is 17.6 Å². The Bertz CT molecular complexity index is 2120. The molecule has 2 fully saturated rings. The lowest BCUT2D eigenvalue weighted by molar-refractivity contribution is -0.186. The zero-order chi connectivity index (χ0) is 39.4. The minimum atomic E-state index is -1.15. The van der Waals surface area contributed by atoms with Crippen LogP contribution in [0.5, 0.6) is 5.75 Å². The normalized spacial score (nSPS) is 30.1. The largest absolute Gasteiger partial charge is 0.481 e. The number of ether oxygens (including phenoxy) is 2. The average molecular weight is 803 g/mol. The number of carbonyl (C=O) groups is 2. The summed E-state index contributed by atoms with van der Waals surface area (Å²) < 4.78 is 20.0. The second-order valence-corrected chi connectivity index (χ2v) is 19.3. The smallest absolute Gasteiger partial charge is 0.340 e. The molecule has 5 atom stereocenters. The second kappa shape index (κ2) is 15.3. The Morgan fingerprint density at radius 1 is 1.21 bits per heavy atom. The lowest BCUT2D eigenvalue weighted by atomic mass is 9.61. The number of nitrogens with zero attached hydrogens (tertiary/aromatic N) is 1. The maximum Gasteiger partial charge on any atom is 0.340 e. The Hall–Kier alpha value is -3.65. The first-order valence-electron chi connectivity index (χ1n) is 20.0. The topological polar surface area (TPSA) is 156 Å². The number of amides is 1. The number of fused-ring (bicyclic) bond motifs is 6. The van der Waals surface area contributed by atoms with Crippen molar-refractivity contribution in [3.63, 3.8) is 0 Å². The van der Waals surface area contributed by atoms with Crippen molar-refractivity contribution in [3.8, 4) is 5.75 Å². The molecule has 0 radical (unpaired) electrons. The Morgan fingerprint density at radius 2 is 2.02 bits per heavy atom. The van der Waals surface area contributed by atoms with Crippen LogP contribution in [-0.2, 0) is 26.2 Å². The molecule has 1 spiro atoms. The van der Waals surface area contributed by atoms with Crippen LogP contribution in [0.1, 0.15) is 76.8 Å². The third kappa shape index (κ3) is 6.60. The molecule has 6 aliphatic rings. The SMILES string of the molecule is CC=C(C)C(=O)OC1(C)CC=C2CSSCC3C(CNC)CN3C(=O)CC3=C(C=C(N)NC3)C2C12Cc1cc3cc(C4(CCO)CCCC4)c(=O)oc3cc1O2. The third-order valence-corrected chi connectivity index (χ3v) is 15.9. The number of allylic oxidation sites excluding steroid dienone is 2. The van der Waals surface area contributed by atoms with Gasteiger partial charge >= 0.3 is 11.6 Å². The number of esters is 1. The molecule has 2 aliphatic carbocycles. The molecule has 4 aliphatic heterocycles. The van der Waals surface area contributed by atoms with Crippen molar-refractivity contribution in [1.29, 1.82) is 0 Å². The van der Waals surface area contributed by atoms with E-state index in [4.69, 9.17) is 19.6 Å². The third-order valence-electron chi connectivity index (χ3n) is 13.6. The average Bonchev–Trinajstić information content (AvgIpc) is 3.79. The van der Waals surface area contributed by atoms with Crippen molar-refractivity contribution < 1.29 is 28.6 Å². The molecule has 5 unspecified atom stereocenters. The highest BCUT2D eigenvalue weighted by Gasteiger charge is 2.64. The molecule has 56 heavy (non-hydrogen) atoms. The van der Waals surface area contributed by atoms with Crippen LogP contribution in [0.15, 0.2) is 73.8 Å². The molecular weight excluding hydrogens is 749 g/mol. The first-order valence-corrected chi connectivity index (χ1v) is 22.5. The molecule has 300 valence electrons. The van der Waals surface area contributed by atoms with Crippen LogP contribution < -0.4 is 26.7 Å². The highest BCUT2D eigenvalue weighted by molar-refractivity contribution is 8.76. The molecule has 5 heterocycles. The van der Waals surface area contributed by atoms with Crippen molar-refractivity contribution in [1.82, 2.24) is 15.5 Å². The predicted molar refractivity (Wildman–Crippen MR) is 221 cm³/mol. The van der Waals surface area contributed by atoms with Gasteiger partial charge in [0.2, 0.25) is 5.91 Å². The molecule has 5 N–H and O–H groups in total. The second-order valence-electron chi connectivity index (χ2n) is 16.7. The molecule has 1 aromatic heterocycles. The number of hydrogen-bond acceptors (Lipinski definition) is 12. The zero-order valence-electron chi connectivity index (χ0n) is 32.8. The van der Waals surface area contributed by atoms with Crippen LogP contribution in [0.3, 0.4) is 0 Å². The fraction of sp³-hybridized carbons (Fsp3) is 0.558. The molecular formula is C43H54N4O7S2. The van der Waals surface area contributed by atoms with E-state index in [9.17, 15) is 19.5 Å². The van der Waals surface area contributed by atoms with E-state index in [-0.39, 0.29) is 30.6 Å². The summed E-state index contributed by atoms with van der Waals surface area (Å²) in [5.41, 5.74) is 8.96. The van der Waals surface area contributed by atoms with Crippen molar-refractivity contribution in [3.05, 3.63) is 86.1 Å². The van der Waals surface area contributed by atoms with Crippen LogP contribution in [0, 0.1) is 11.8 Å². The molecule has 1 aromatic carbocycles. The van der Waals surface area contributed by atoms with E-state index >= 15 is 0 Å². The maximum atomic E-state index is 14.2. The zero-order valence-corrected chi connectivity index (χ0v) is 34.5. The lowest BCUT2D eigenvalue weighted by Crippen LogP contribution is -2.65. The fourth-order valence-corrected chi connectivity index (χ4v) is 12.8. The molecule has 1 saturated carbocycles. The quantitative estimate of drug-likeness (QED) is 0.0931. The lowest BCUT2D eigenvalue weighted by Gasteiger charge is -2.53.